The van der Waals surface area contributed by atoms with Crippen LogP contribution < -0.4 is 16.4 Å². The molecule has 6 heteroatoms. The van der Waals surface area contributed by atoms with Gasteiger partial charge in [-0.25, -0.2) is 4.79 Å². The highest BCUT2D eigenvalue weighted by atomic mass is 32.2. The van der Waals surface area contributed by atoms with E-state index >= 15 is 0 Å². The maximum Gasteiger partial charge on any atom is 0.318 e. The molecule has 0 aromatic carbocycles. The van der Waals surface area contributed by atoms with Gasteiger partial charge in [0.05, 0.1) is 6.54 Å². The summed E-state index contributed by atoms with van der Waals surface area (Å²) >= 11 is 1.98. The molecule has 5 nitrogen and oxygen atoms in total. The van der Waals surface area contributed by atoms with Crippen molar-refractivity contribution in [2.75, 3.05) is 24.6 Å². The van der Waals surface area contributed by atoms with Crippen LogP contribution in [0.2, 0.25) is 0 Å². The first-order chi connectivity index (χ1) is 7.18. The zero-order chi connectivity index (χ0) is 11.1. The Hall–Kier alpha value is -0.750. The molecule has 1 saturated heterocycles. The van der Waals surface area contributed by atoms with Gasteiger partial charge < -0.3 is 11.1 Å². The topological polar surface area (TPSA) is 84.2 Å². The van der Waals surface area contributed by atoms with Crippen molar-refractivity contribution in [2.24, 2.45) is 11.7 Å². The van der Waals surface area contributed by atoms with Crippen molar-refractivity contribution in [3.8, 4) is 0 Å². The van der Waals surface area contributed by atoms with Crippen molar-refractivity contribution in [3.05, 3.63) is 0 Å². The van der Waals surface area contributed by atoms with Crippen LogP contribution in [-0.2, 0) is 4.79 Å². The van der Waals surface area contributed by atoms with Crippen molar-refractivity contribution in [1.82, 2.24) is 10.6 Å². The van der Waals surface area contributed by atoms with Gasteiger partial charge >= 0.3 is 6.03 Å². The van der Waals surface area contributed by atoms with E-state index in [2.05, 4.69) is 5.32 Å². The zero-order valence-electron chi connectivity index (χ0n) is 8.62. The first kappa shape index (κ1) is 12.3. The van der Waals surface area contributed by atoms with Crippen LogP contribution in [0.15, 0.2) is 0 Å². The minimum Gasteiger partial charge on any atom is -0.351 e. The van der Waals surface area contributed by atoms with E-state index in [9.17, 15) is 9.59 Å². The van der Waals surface area contributed by atoms with Gasteiger partial charge in [0.25, 0.3) is 0 Å². The Morgan fingerprint density at radius 2 is 2.00 bits per heavy atom. The van der Waals surface area contributed by atoms with E-state index in [0.29, 0.717) is 5.92 Å². The number of hydrogen-bond donors (Lipinski definition) is 3. The lowest BCUT2D eigenvalue weighted by Crippen LogP contribution is -2.41. The van der Waals surface area contributed by atoms with Crippen molar-refractivity contribution < 1.29 is 9.59 Å². The molecule has 0 saturated carbocycles. The number of urea groups is 1. The highest BCUT2D eigenvalue weighted by molar-refractivity contribution is 7.99. The lowest BCUT2D eigenvalue weighted by Gasteiger charge is -2.21. The maximum absolute atomic E-state index is 11.0. The average Bonchev–Trinajstić information content (AvgIpc) is 2.18. The second kappa shape index (κ2) is 6.68. The molecule has 1 heterocycles. The molecule has 1 fully saturated rings. The normalized spacial score (nSPS) is 17.3. The molecule has 0 bridgehead atoms. The van der Waals surface area contributed by atoms with Gasteiger partial charge in [-0.05, 0) is 36.8 Å². The third-order valence-electron chi connectivity index (χ3n) is 2.32. The van der Waals surface area contributed by atoms with Crippen LogP contribution >= 0.6 is 11.8 Å². The summed E-state index contributed by atoms with van der Waals surface area (Å²) in [5.74, 6) is 2.71. The summed E-state index contributed by atoms with van der Waals surface area (Å²) in [6.45, 7) is 0.999. The van der Waals surface area contributed by atoms with E-state index in [1.54, 1.807) is 0 Å². The molecule has 0 aromatic heterocycles. The summed E-state index contributed by atoms with van der Waals surface area (Å²) in [5, 5.41) is 5.04. The number of nitrogens with one attached hydrogen (secondary N) is 2. The summed E-state index contributed by atoms with van der Waals surface area (Å²) < 4.78 is 0. The van der Waals surface area contributed by atoms with Gasteiger partial charge in [0.2, 0.25) is 5.91 Å². The molecule has 15 heavy (non-hydrogen) atoms. The molecule has 1 rings (SSSR count). The molecule has 1 aliphatic rings. The van der Waals surface area contributed by atoms with Gasteiger partial charge in [-0.3, -0.25) is 10.1 Å². The van der Waals surface area contributed by atoms with Gasteiger partial charge in [-0.2, -0.15) is 11.8 Å². The van der Waals surface area contributed by atoms with Crippen molar-refractivity contribution >= 4 is 23.7 Å². The van der Waals surface area contributed by atoms with Gasteiger partial charge in [-0.15, -0.1) is 0 Å². The lowest BCUT2D eigenvalue weighted by atomic mass is 10.0. The standard InChI is InChI=1S/C9H17N3O2S/c10-9(14)12-8(13)6-11-5-7-1-3-15-4-2-7/h7,11H,1-6H2,(H3,10,12,13,14). The van der Waals surface area contributed by atoms with E-state index in [0.717, 1.165) is 6.54 Å². The van der Waals surface area contributed by atoms with Crippen LogP contribution in [0.3, 0.4) is 0 Å². The predicted octanol–water partition coefficient (Wildman–Crippen LogP) is -0.0859. The van der Waals surface area contributed by atoms with Gasteiger partial charge in [0, 0.05) is 0 Å². The minimum atomic E-state index is -0.795. The molecule has 3 amide bonds. The second-order valence-electron chi connectivity index (χ2n) is 3.60. The van der Waals surface area contributed by atoms with Crippen LogP contribution in [0.4, 0.5) is 4.79 Å². The quantitative estimate of drug-likeness (QED) is 0.631. The van der Waals surface area contributed by atoms with Crippen LogP contribution in [-0.4, -0.2) is 36.5 Å². The molecule has 0 radical (unpaired) electrons. The maximum atomic E-state index is 11.0. The van der Waals surface area contributed by atoms with Crippen LogP contribution in [0.25, 0.3) is 0 Å². The molecule has 0 unspecified atom stereocenters. The molecule has 1 aliphatic heterocycles. The van der Waals surface area contributed by atoms with Crippen molar-refractivity contribution in [2.45, 2.75) is 12.8 Å². The Morgan fingerprint density at radius 1 is 1.33 bits per heavy atom. The van der Waals surface area contributed by atoms with Crippen molar-refractivity contribution in [3.63, 3.8) is 0 Å². The summed E-state index contributed by atoms with van der Waals surface area (Å²) in [4.78, 5) is 21.4. The first-order valence-corrected chi connectivity index (χ1v) is 6.21. The molecule has 0 aromatic rings. The number of rotatable bonds is 4. The van der Waals surface area contributed by atoms with E-state index < -0.39 is 6.03 Å². The summed E-state index contributed by atoms with van der Waals surface area (Å²) in [6.07, 6.45) is 2.41. The van der Waals surface area contributed by atoms with E-state index in [1.165, 1.54) is 24.3 Å². The average molecular weight is 231 g/mol. The molecule has 86 valence electrons. The minimum absolute atomic E-state index is 0.159. The third kappa shape index (κ3) is 5.64. The Labute approximate surface area is 93.5 Å². The Morgan fingerprint density at radius 3 is 2.60 bits per heavy atom. The number of carbonyl (C=O) groups excluding carboxylic acids is 2. The molecule has 4 N–H and O–H groups in total. The fraction of sp³-hybridized carbons (Fsp3) is 0.778. The summed E-state index contributed by atoms with van der Waals surface area (Å²) in [6, 6.07) is -0.795. The molecule has 0 spiro atoms. The van der Waals surface area contributed by atoms with Crippen LogP contribution in [0.5, 0.6) is 0 Å². The Kier molecular flexibility index (Phi) is 5.49. The first-order valence-electron chi connectivity index (χ1n) is 5.06. The summed E-state index contributed by atoms with van der Waals surface area (Å²) in [5.41, 5.74) is 4.81. The van der Waals surface area contributed by atoms with Gasteiger partial charge in [-0.1, -0.05) is 0 Å². The van der Waals surface area contributed by atoms with Gasteiger partial charge in [0.1, 0.15) is 0 Å². The molecular formula is C9H17N3O2S. The molecule has 0 aliphatic carbocycles. The van der Waals surface area contributed by atoms with Crippen LogP contribution in [0, 0.1) is 5.92 Å². The third-order valence-corrected chi connectivity index (χ3v) is 3.37. The van der Waals surface area contributed by atoms with Crippen LogP contribution in [0.1, 0.15) is 12.8 Å². The number of thioether (sulfide) groups is 1. The monoisotopic (exact) mass is 231 g/mol. The molecule has 0 atom stereocenters. The number of carbonyl (C=O) groups is 2. The SMILES string of the molecule is NC(=O)NC(=O)CNCC1CCSCC1. The van der Waals surface area contributed by atoms with Crippen molar-refractivity contribution in [1.29, 1.82) is 0 Å². The fourth-order valence-electron chi connectivity index (χ4n) is 1.52. The number of nitrogens with two attached hydrogens (primary N) is 1. The highest BCUT2D eigenvalue weighted by Gasteiger charge is 2.13. The highest BCUT2D eigenvalue weighted by Crippen LogP contribution is 2.21. The number of imide groups is 1. The Bertz CT molecular complexity index is 229. The summed E-state index contributed by atoms with van der Waals surface area (Å²) in [7, 11) is 0. The Balaban J connectivity index is 2.04. The zero-order valence-corrected chi connectivity index (χ0v) is 9.44. The second-order valence-corrected chi connectivity index (χ2v) is 4.82. The number of hydrogen-bond acceptors (Lipinski definition) is 4. The number of amides is 3. The lowest BCUT2D eigenvalue weighted by molar-refractivity contribution is -0.119. The molecular weight excluding hydrogens is 214 g/mol. The van der Waals surface area contributed by atoms with Gasteiger partial charge in [0.15, 0.2) is 0 Å². The fourth-order valence-corrected chi connectivity index (χ4v) is 2.73. The van der Waals surface area contributed by atoms with E-state index in [4.69, 9.17) is 5.73 Å². The number of primary amides is 1. The van der Waals surface area contributed by atoms with E-state index in [1.807, 2.05) is 17.1 Å². The van der Waals surface area contributed by atoms with E-state index in [-0.39, 0.29) is 12.5 Å². The smallest absolute Gasteiger partial charge is 0.318 e. The largest absolute Gasteiger partial charge is 0.351 e. The predicted molar refractivity (Wildman–Crippen MR) is 60.6 cm³/mol.